The van der Waals surface area contributed by atoms with E-state index in [4.69, 9.17) is 4.74 Å². The molecule has 0 unspecified atom stereocenters. The minimum Gasteiger partial charge on any atom is -0.379 e. The molecule has 30 heavy (non-hydrogen) atoms. The molecule has 0 radical (unpaired) electrons. The van der Waals surface area contributed by atoms with Gasteiger partial charge in [0.1, 0.15) is 0 Å². The molecule has 0 aliphatic carbocycles. The maximum Gasteiger partial charge on any atom is 0.227 e. The normalized spacial score (nSPS) is 24.3. The number of rotatable bonds is 6. The fourth-order valence-electron chi connectivity index (χ4n) is 4.97. The predicted octanol–water partition coefficient (Wildman–Crippen LogP) is 1.75. The summed E-state index contributed by atoms with van der Waals surface area (Å²) in [5.74, 6) is 0.927. The molecule has 0 N–H and O–H groups in total. The molecule has 0 spiro atoms. The highest BCUT2D eigenvalue weighted by atomic mass is 16.5. The molecule has 1 aromatic rings. The van der Waals surface area contributed by atoms with Crippen LogP contribution in [0.3, 0.4) is 0 Å². The summed E-state index contributed by atoms with van der Waals surface area (Å²) in [6.07, 6.45) is 7.86. The number of pyridine rings is 1. The standard InChI is InChI=1S/C23H34N4O3/c28-22-3-2-21(18-27(22)11-1-10-25-14-16-30-17-15-25)23(29)26-12-6-20(7-13-26)19-4-8-24-9-5-19/h4-5,8-9,20-21H,1-3,6-7,10-18H2/t21-/m0/s1. The molecule has 3 aliphatic rings. The first-order valence-corrected chi connectivity index (χ1v) is 11.5. The monoisotopic (exact) mass is 414 g/mol. The maximum atomic E-state index is 13.1. The highest BCUT2D eigenvalue weighted by Crippen LogP contribution is 2.29. The predicted molar refractivity (Wildman–Crippen MR) is 114 cm³/mol. The smallest absolute Gasteiger partial charge is 0.227 e. The van der Waals surface area contributed by atoms with Crippen molar-refractivity contribution in [1.82, 2.24) is 19.7 Å². The molecule has 0 saturated carbocycles. The summed E-state index contributed by atoms with van der Waals surface area (Å²) >= 11 is 0. The molecule has 4 heterocycles. The summed E-state index contributed by atoms with van der Waals surface area (Å²) in [5.41, 5.74) is 1.33. The first kappa shape index (κ1) is 21.2. The van der Waals surface area contributed by atoms with Crippen LogP contribution in [0.1, 0.15) is 43.6 Å². The Kier molecular flexibility index (Phi) is 7.33. The van der Waals surface area contributed by atoms with E-state index in [9.17, 15) is 9.59 Å². The highest BCUT2D eigenvalue weighted by Gasteiger charge is 2.34. The van der Waals surface area contributed by atoms with Crippen LogP contribution in [0.4, 0.5) is 0 Å². The summed E-state index contributed by atoms with van der Waals surface area (Å²) in [6, 6.07) is 4.17. The quantitative estimate of drug-likeness (QED) is 0.710. The molecule has 1 atom stereocenters. The fourth-order valence-corrected chi connectivity index (χ4v) is 4.97. The Bertz CT molecular complexity index is 700. The summed E-state index contributed by atoms with van der Waals surface area (Å²) in [5, 5.41) is 0. The minimum atomic E-state index is -0.0384. The summed E-state index contributed by atoms with van der Waals surface area (Å²) in [7, 11) is 0. The maximum absolute atomic E-state index is 13.1. The number of hydrogen-bond donors (Lipinski definition) is 0. The van der Waals surface area contributed by atoms with Crippen molar-refractivity contribution < 1.29 is 14.3 Å². The molecule has 0 aromatic carbocycles. The van der Waals surface area contributed by atoms with Gasteiger partial charge in [0.05, 0.1) is 19.1 Å². The van der Waals surface area contributed by atoms with Gasteiger partial charge in [-0.15, -0.1) is 0 Å². The van der Waals surface area contributed by atoms with Gasteiger partial charge in [0.2, 0.25) is 11.8 Å². The number of hydrogen-bond acceptors (Lipinski definition) is 5. The van der Waals surface area contributed by atoms with Crippen molar-refractivity contribution in [3.63, 3.8) is 0 Å². The number of amides is 2. The third-order valence-corrected chi connectivity index (χ3v) is 6.84. The Morgan fingerprint density at radius 2 is 1.77 bits per heavy atom. The minimum absolute atomic E-state index is 0.0384. The SMILES string of the molecule is O=C1CC[C@H](C(=O)N2CCC(c3ccncc3)CC2)CN1CCCN1CCOCC1. The number of likely N-dealkylation sites (tertiary alicyclic amines) is 2. The van der Waals surface area contributed by atoms with E-state index in [0.29, 0.717) is 25.3 Å². The Labute approximate surface area is 179 Å². The van der Waals surface area contributed by atoms with Crippen molar-refractivity contribution >= 4 is 11.8 Å². The van der Waals surface area contributed by atoms with Gasteiger partial charge in [0, 0.05) is 64.6 Å². The summed E-state index contributed by atoms with van der Waals surface area (Å²) < 4.78 is 5.39. The van der Waals surface area contributed by atoms with E-state index >= 15 is 0 Å². The van der Waals surface area contributed by atoms with E-state index in [1.165, 1.54) is 5.56 Å². The molecule has 0 bridgehead atoms. The lowest BCUT2D eigenvalue weighted by Gasteiger charge is -2.38. The molecular formula is C23H34N4O3. The van der Waals surface area contributed by atoms with Gasteiger partial charge < -0.3 is 14.5 Å². The first-order valence-electron chi connectivity index (χ1n) is 11.5. The average Bonchev–Trinajstić information content (AvgIpc) is 2.81. The molecule has 2 amide bonds. The van der Waals surface area contributed by atoms with Crippen LogP contribution >= 0.6 is 0 Å². The second-order valence-electron chi connectivity index (χ2n) is 8.76. The van der Waals surface area contributed by atoms with Gasteiger partial charge in [-0.3, -0.25) is 19.5 Å². The van der Waals surface area contributed by atoms with Crippen LogP contribution in [-0.2, 0) is 14.3 Å². The van der Waals surface area contributed by atoms with Crippen molar-refractivity contribution in [3.8, 4) is 0 Å². The van der Waals surface area contributed by atoms with E-state index < -0.39 is 0 Å². The molecule has 164 valence electrons. The summed E-state index contributed by atoms with van der Waals surface area (Å²) in [4.78, 5) is 36.0. The average molecular weight is 415 g/mol. The van der Waals surface area contributed by atoms with Gasteiger partial charge >= 0.3 is 0 Å². The van der Waals surface area contributed by atoms with Gasteiger partial charge in [-0.1, -0.05) is 0 Å². The first-order chi connectivity index (χ1) is 14.7. The Balaban J connectivity index is 1.23. The second kappa shape index (κ2) is 10.4. The Hall–Kier alpha value is -1.99. The van der Waals surface area contributed by atoms with Crippen molar-refractivity contribution in [2.75, 3.05) is 59.0 Å². The lowest BCUT2D eigenvalue weighted by Crippen LogP contribution is -2.49. The van der Waals surface area contributed by atoms with E-state index in [0.717, 1.165) is 71.7 Å². The van der Waals surface area contributed by atoms with Gasteiger partial charge in [-0.2, -0.15) is 0 Å². The van der Waals surface area contributed by atoms with Gasteiger partial charge in [-0.25, -0.2) is 0 Å². The zero-order valence-electron chi connectivity index (χ0n) is 17.9. The molecular weight excluding hydrogens is 380 g/mol. The van der Waals surface area contributed by atoms with Crippen molar-refractivity contribution in [2.24, 2.45) is 5.92 Å². The summed E-state index contributed by atoms with van der Waals surface area (Å²) in [6.45, 7) is 7.52. The lowest BCUT2D eigenvalue weighted by molar-refractivity contribution is -0.143. The highest BCUT2D eigenvalue weighted by molar-refractivity contribution is 5.84. The number of aromatic nitrogens is 1. The third kappa shape index (κ3) is 5.38. The van der Waals surface area contributed by atoms with Crippen molar-refractivity contribution in [1.29, 1.82) is 0 Å². The van der Waals surface area contributed by atoms with Crippen molar-refractivity contribution in [3.05, 3.63) is 30.1 Å². The Morgan fingerprint density at radius 1 is 1.03 bits per heavy atom. The van der Waals surface area contributed by atoms with Crippen LogP contribution in [0, 0.1) is 5.92 Å². The zero-order chi connectivity index (χ0) is 20.8. The van der Waals surface area contributed by atoms with Crippen LogP contribution in [0.2, 0.25) is 0 Å². The number of morpholine rings is 1. The Morgan fingerprint density at radius 3 is 2.50 bits per heavy atom. The molecule has 3 saturated heterocycles. The van der Waals surface area contributed by atoms with Crippen LogP contribution in [-0.4, -0.2) is 90.5 Å². The third-order valence-electron chi connectivity index (χ3n) is 6.84. The molecule has 4 rings (SSSR count). The fraction of sp³-hybridized carbons (Fsp3) is 0.696. The molecule has 3 aliphatic heterocycles. The lowest BCUT2D eigenvalue weighted by atomic mass is 9.88. The van der Waals surface area contributed by atoms with Gasteiger partial charge in [0.25, 0.3) is 0 Å². The van der Waals surface area contributed by atoms with E-state index in [1.807, 2.05) is 22.2 Å². The number of carbonyl (C=O) groups is 2. The van der Waals surface area contributed by atoms with E-state index in [-0.39, 0.29) is 17.7 Å². The molecule has 7 nitrogen and oxygen atoms in total. The largest absolute Gasteiger partial charge is 0.379 e. The van der Waals surface area contributed by atoms with Crippen LogP contribution in [0.15, 0.2) is 24.5 Å². The molecule has 7 heteroatoms. The molecule has 3 fully saturated rings. The second-order valence-corrected chi connectivity index (χ2v) is 8.76. The molecule has 1 aromatic heterocycles. The zero-order valence-corrected chi connectivity index (χ0v) is 17.9. The number of ether oxygens (including phenoxy) is 1. The van der Waals surface area contributed by atoms with Crippen molar-refractivity contribution in [2.45, 2.75) is 38.0 Å². The van der Waals surface area contributed by atoms with E-state index in [1.54, 1.807) is 0 Å². The van der Waals surface area contributed by atoms with Gasteiger partial charge in [0.15, 0.2) is 0 Å². The topological polar surface area (TPSA) is 66.0 Å². The number of piperidine rings is 2. The van der Waals surface area contributed by atoms with E-state index in [2.05, 4.69) is 22.0 Å². The van der Waals surface area contributed by atoms with Crippen LogP contribution in [0.5, 0.6) is 0 Å². The van der Waals surface area contributed by atoms with Gasteiger partial charge in [-0.05, 0) is 49.3 Å². The van der Waals surface area contributed by atoms with Crippen LogP contribution in [0.25, 0.3) is 0 Å². The number of nitrogens with zero attached hydrogens (tertiary/aromatic N) is 4. The van der Waals surface area contributed by atoms with Crippen LogP contribution < -0.4 is 0 Å². The number of carbonyl (C=O) groups excluding carboxylic acids is 2.